The molecular weight excluding hydrogens is 313 g/mol. The predicted molar refractivity (Wildman–Crippen MR) is 80.5 cm³/mol. The Morgan fingerprint density at radius 2 is 2.22 bits per heavy atom. The minimum Gasteiger partial charge on any atom is -0.309 e. The molecule has 2 unspecified atom stereocenters. The van der Waals surface area contributed by atoms with Gasteiger partial charge in [-0.15, -0.1) is 0 Å². The minimum atomic E-state index is -0.174. The molecule has 1 fully saturated rings. The molecular formula is C14H19BrFNS. The first-order valence-corrected chi connectivity index (χ1v) is 8.33. The molecule has 0 radical (unpaired) electrons. The summed E-state index contributed by atoms with van der Waals surface area (Å²) in [6.07, 6.45) is 3.86. The van der Waals surface area contributed by atoms with Crippen molar-refractivity contribution in [3.63, 3.8) is 0 Å². The SMILES string of the molecule is CCSC1CCCC1NCc1cc(F)cc(Br)c1. The van der Waals surface area contributed by atoms with Gasteiger partial charge in [-0.2, -0.15) is 11.8 Å². The smallest absolute Gasteiger partial charge is 0.124 e. The van der Waals surface area contributed by atoms with Crippen LogP contribution in [0.4, 0.5) is 4.39 Å². The van der Waals surface area contributed by atoms with Crippen molar-refractivity contribution in [2.75, 3.05) is 5.75 Å². The zero-order valence-electron chi connectivity index (χ0n) is 10.6. The van der Waals surface area contributed by atoms with E-state index in [4.69, 9.17) is 0 Å². The molecule has 100 valence electrons. The molecule has 1 aliphatic rings. The third kappa shape index (κ3) is 3.97. The molecule has 4 heteroatoms. The van der Waals surface area contributed by atoms with Crippen molar-refractivity contribution in [3.05, 3.63) is 34.1 Å². The maximum absolute atomic E-state index is 13.3. The lowest BCUT2D eigenvalue weighted by Crippen LogP contribution is -2.33. The molecule has 1 nitrogen and oxygen atoms in total. The van der Waals surface area contributed by atoms with E-state index in [0.717, 1.165) is 21.8 Å². The van der Waals surface area contributed by atoms with Crippen LogP contribution >= 0.6 is 27.7 Å². The molecule has 0 heterocycles. The van der Waals surface area contributed by atoms with Crippen molar-refractivity contribution in [2.24, 2.45) is 0 Å². The Morgan fingerprint density at radius 1 is 1.39 bits per heavy atom. The van der Waals surface area contributed by atoms with Crippen LogP contribution in [0.1, 0.15) is 31.7 Å². The summed E-state index contributed by atoms with van der Waals surface area (Å²) < 4.78 is 14.1. The first-order chi connectivity index (χ1) is 8.69. The molecule has 0 spiro atoms. The fraction of sp³-hybridized carbons (Fsp3) is 0.571. The van der Waals surface area contributed by atoms with Crippen molar-refractivity contribution in [2.45, 2.75) is 44.0 Å². The number of benzene rings is 1. The van der Waals surface area contributed by atoms with Crippen LogP contribution in [0.5, 0.6) is 0 Å². The van der Waals surface area contributed by atoms with E-state index >= 15 is 0 Å². The maximum atomic E-state index is 13.3. The van der Waals surface area contributed by atoms with Gasteiger partial charge in [0, 0.05) is 22.3 Å². The van der Waals surface area contributed by atoms with Gasteiger partial charge in [0.05, 0.1) is 0 Å². The van der Waals surface area contributed by atoms with E-state index in [9.17, 15) is 4.39 Å². The Bertz CT molecular complexity index is 379. The van der Waals surface area contributed by atoms with Gasteiger partial charge in [-0.3, -0.25) is 0 Å². The summed E-state index contributed by atoms with van der Waals surface area (Å²) in [6.45, 7) is 2.96. The average molecular weight is 332 g/mol. The second-order valence-corrected chi connectivity index (χ2v) is 7.12. The van der Waals surface area contributed by atoms with Gasteiger partial charge >= 0.3 is 0 Å². The van der Waals surface area contributed by atoms with E-state index in [1.54, 1.807) is 6.07 Å². The van der Waals surface area contributed by atoms with Crippen LogP contribution in [0, 0.1) is 5.82 Å². The number of hydrogen-bond acceptors (Lipinski definition) is 2. The molecule has 2 atom stereocenters. The molecule has 18 heavy (non-hydrogen) atoms. The van der Waals surface area contributed by atoms with Crippen molar-refractivity contribution >= 4 is 27.7 Å². The highest BCUT2D eigenvalue weighted by molar-refractivity contribution is 9.10. The fourth-order valence-corrected chi connectivity index (χ4v) is 4.27. The molecule has 0 bridgehead atoms. The molecule has 1 saturated carbocycles. The van der Waals surface area contributed by atoms with Crippen LogP contribution in [-0.2, 0) is 6.54 Å². The first-order valence-electron chi connectivity index (χ1n) is 6.49. The summed E-state index contributed by atoms with van der Waals surface area (Å²) in [7, 11) is 0. The van der Waals surface area contributed by atoms with Crippen LogP contribution in [0.3, 0.4) is 0 Å². The van der Waals surface area contributed by atoms with E-state index < -0.39 is 0 Å². The van der Waals surface area contributed by atoms with Crippen LogP contribution in [-0.4, -0.2) is 17.0 Å². The van der Waals surface area contributed by atoms with Gasteiger partial charge in [0.25, 0.3) is 0 Å². The summed E-state index contributed by atoms with van der Waals surface area (Å²) in [6, 6.07) is 5.66. The first kappa shape index (κ1) is 14.4. The Balaban J connectivity index is 1.90. The lowest BCUT2D eigenvalue weighted by molar-refractivity contribution is 0.529. The van der Waals surface area contributed by atoms with Gasteiger partial charge < -0.3 is 5.32 Å². The highest BCUT2D eigenvalue weighted by Crippen LogP contribution is 2.30. The van der Waals surface area contributed by atoms with Gasteiger partial charge in [-0.05, 0) is 42.4 Å². The topological polar surface area (TPSA) is 12.0 Å². The Hall–Kier alpha value is -0.0600. The lowest BCUT2D eigenvalue weighted by Gasteiger charge is -2.20. The van der Waals surface area contributed by atoms with Crippen LogP contribution in [0.15, 0.2) is 22.7 Å². The second-order valence-electron chi connectivity index (χ2n) is 4.69. The number of nitrogens with one attached hydrogen (secondary N) is 1. The van der Waals surface area contributed by atoms with Crippen molar-refractivity contribution in [3.8, 4) is 0 Å². The summed E-state index contributed by atoms with van der Waals surface area (Å²) >= 11 is 5.37. The van der Waals surface area contributed by atoms with Crippen LogP contribution < -0.4 is 5.32 Å². The largest absolute Gasteiger partial charge is 0.309 e. The number of rotatable bonds is 5. The average Bonchev–Trinajstić information content (AvgIpc) is 2.73. The van der Waals surface area contributed by atoms with Crippen LogP contribution in [0.25, 0.3) is 0 Å². The normalized spacial score (nSPS) is 23.5. The molecule has 1 aromatic carbocycles. The Kier molecular flexibility index (Phi) is 5.52. The molecule has 0 aromatic heterocycles. The quantitative estimate of drug-likeness (QED) is 0.860. The van der Waals surface area contributed by atoms with Crippen molar-refractivity contribution in [1.82, 2.24) is 5.32 Å². The van der Waals surface area contributed by atoms with E-state index in [1.807, 2.05) is 17.8 Å². The Labute approximate surface area is 121 Å². The van der Waals surface area contributed by atoms with Gasteiger partial charge in [0.2, 0.25) is 0 Å². The summed E-state index contributed by atoms with van der Waals surface area (Å²) in [4.78, 5) is 0. The summed E-state index contributed by atoms with van der Waals surface area (Å²) in [5.41, 5.74) is 1.01. The summed E-state index contributed by atoms with van der Waals surface area (Å²) in [5, 5.41) is 4.31. The predicted octanol–water partition coefficient (Wildman–Crippen LogP) is 4.35. The lowest BCUT2D eigenvalue weighted by atomic mass is 10.2. The molecule has 2 rings (SSSR count). The molecule has 0 amide bonds. The molecule has 1 aromatic rings. The Morgan fingerprint density at radius 3 is 2.94 bits per heavy atom. The maximum Gasteiger partial charge on any atom is 0.124 e. The molecule has 1 aliphatic carbocycles. The standard InChI is InChI=1S/C14H19BrFNS/c1-2-18-14-5-3-4-13(14)17-9-10-6-11(15)8-12(16)7-10/h6-8,13-14,17H,2-5,9H2,1H3. The minimum absolute atomic E-state index is 0.174. The van der Waals surface area contributed by atoms with Gasteiger partial charge in [-0.25, -0.2) is 4.39 Å². The highest BCUT2D eigenvalue weighted by Gasteiger charge is 2.26. The third-order valence-electron chi connectivity index (χ3n) is 3.32. The number of thioether (sulfide) groups is 1. The van der Waals surface area contributed by atoms with Gasteiger partial charge in [0.1, 0.15) is 5.82 Å². The van der Waals surface area contributed by atoms with Crippen molar-refractivity contribution < 1.29 is 4.39 Å². The second kappa shape index (κ2) is 6.92. The summed E-state index contributed by atoms with van der Waals surface area (Å²) in [5.74, 6) is 1.00. The number of hydrogen-bond donors (Lipinski definition) is 1. The van der Waals surface area contributed by atoms with Gasteiger partial charge in [-0.1, -0.05) is 29.3 Å². The third-order valence-corrected chi connectivity index (χ3v) is 5.11. The van der Waals surface area contributed by atoms with Crippen LogP contribution in [0.2, 0.25) is 0 Å². The van der Waals surface area contributed by atoms with E-state index in [-0.39, 0.29) is 5.82 Å². The highest BCUT2D eigenvalue weighted by atomic mass is 79.9. The molecule has 1 N–H and O–H groups in total. The van der Waals surface area contributed by atoms with E-state index in [1.165, 1.54) is 31.1 Å². The fourth-order valence-electron chi connectivity index (χ4n) is 2.54. The molecule has 0 aliphatic heterocycles. The number of halogens is 2. The van der Waals surface area contributed by atoms with E-state index in [0.29, 0.717) is 6.04 Å². The van der Waals surface area contributed by atoms with Crippen molar-refractivity contribution in [1.29, 1.82) is 0 Å². The zero-order valence-corrected chi connectivity index (χ0v) is 13.0. The van der Waals surface area contributed by atoms with E-state index in [2.05, 4.69) is 28.2 Å². The molecule has 0 saturated heterocycles. The monoisotopic (exact) mass is 331 g/mol. The zero-order chi connectivity index (χ0) is 13.0. The van der Waals surface area contributed by atoms with Gasteiger partial charge in [0.15, 0.2) is 0 Å².